The molecule has 2 atom stereocenters. The number of morpholine rings is 1. The monoisotopic (exact) mass is 315 g/mol. The number of aliphatic hydroxyl groups excluding tert-OH is 1. The van der Waals surface area contributed by atoms with Crippen molar-refractivity contribution in [3.05, 3.63) is 23.8 Å². The van der Waals surface area contributed by atoms with Crippen molar-refractivity contribution in [2.45, 2.75) is 30.9 Å². The molecule has 118 valence electrons. The number of ether oxygens (including phenoxy) is 2. The normalized spacial score (nSPS) is 24.0. The molecule has 0 amide bonds. The topological polar surface area (TPSA) is 76.1 Å². The lowest BCUT2D eigenvalue weighted by molar-refractivity contribution is -0.0516. The van der Waals surface area contributed by atoms with E-state index in [4.69, 9.17) is 9.47 Å². The molecule has 1 fully saturated rings. The predicted molar refractivity (Wildman–Crippen MR) is 77.9 cm³/mol. The van der Waals surface area contributed by atoms with Gasteiger partial charge in [-0.05, 0) is 31.5 Å². The largest absolute Gasteiger partial charge is 0.495 e. The Morgan fingerprint density at radius 3 is 2.81 bits per heavy atom. The van der Waals surface area contributed by atoms with Crippen LogP contribution in [0.15, 0.2) is 23.1 Å². The Morgan fingerprint density at radius 2 is 2.19 bits per heavy atom. The maximum atomic E-state index is 12.9. The van der Waals surface area contributed by atoms with Crippen LogP contribution in [0.3, 0.4) is 0 Å². The number of rotatable bonds is 4. The first kappa shape index (κ1) is 16.2. The van der Waals surface area contributed by atoms with Crippen LogP contribution >= 0.6 is 0 Å². The number of aliphatic hydroxyl groups is 1. The molecule has 6 nitrogen and oxygen atoms in total. The molecule has 0 bridgehead atoms. The lowest BCUT2D eigenvalue weighted by Gasteiger charge is -2.36. The fourth-order valence-corrected chi connectivity index (χ4v) is 4.24. The summed E-state index contributed by atoms with van der Waals surface area (Å²) in [5.74, 6) is 0.319. The van der Waals surface area contributed by atoms with Gasteiger partial charge in [-0.3, -0.25) is 0 Å². The molecule has 0 aliphatic carbocycles. The van der Waals surface area contributed by atoms with Crippen molar-refractivity contribution in [3.63, 3.8) is 0 Å². The van der Waals surface area contributed by atoms with Gasteiger partial charge in [0.25, 0.3) is 0 Å². The maximum Gasteiger partial charge on any atom is 0.247 e. The standard InChI is InChI=1S/C14H21NO5S/c1-10-4-5-13(19-3)14(6-10)21(17,18)15-7-12(8-16)20-9-11(15)2/h4-6,11-12,16H,7-9H2,1-3H3. The van der Waals surface area contributed by atoms with Crippen LogP contribution in [0.1, 0.15) is 12.5 Å². The highest BCUT2D eigenvalue weighted by atomic mass is 32.2. The van der Waals surface area contributed by atoms with Crippen LogP contribution in [0.25, 0.3) is 0 Å². The molecule has 7 heteroatoms. The quantitative estimate of drug-likeness (QED) is 0.888. The Hall–Kier alpha value is -1.15. The second kappa shape index (κ2) is 6.31. The van der Waals surface area contributed by atoms with Crippen molar-refractivity contribution in [3.8, 4) is 5.75 Å². The highest BCUT2D eigenvalue weighted by Gasteiger charge is 2.36. The van der Waals surface area contributed by atoms with E-state index in [0.717, 1.165) is 5.56 Å². The van der Waals surface area contributed by atoms with Gasteiger partial charge in [0.1, 0.15) is 10.6 Å². The average Bonchev–Trinajstić information content (AvgIpc) is 2.47. The first-order chi connectivity index (χ1) is 9.90. The molecule has 0 aromatic heterocycles. The fourth-order valence-electron chi connectivity index (χ4n) is 2.35. The second-order valence-electron chi connectivity index (χ2n) is 5.22. The molecule has 1 aromatic rings. The van der Waals surface area contributed by atoms with Gasteiger partial charge in [0, 0.05) is 12.6 Å². The molecule has 1 saturated heterocycles. The number of sulfonamides is 1. The lowest BCUT2D eigenvalue weighted by Crippen LogP contribution is -2.51. The van der Waals surface area contributed by atoms with Gasteiger partial charge in [0.15, 0.2) is 0 Å². The lowest BCUT2D eigenvalue weighted by atomic mass is 10.2. The summed E-state index contributed by atoms with van der Waals surface area (Å²) in [6.45, 7) is 3.81. The zero-order valence-electron chi connectivity index (χ0n) is 12.4. The van der Waals surface area contributed by atoms with Crippen molar-refractivity contribution in [1.82, 2.24) is 4.31 Å². The van der Waals surface area contributed by atoms with Gasteiger partial charge in [0.2, 0.25) is 10.0 Å². The Balaban J connectivity index is 2.43. The summed E-state index contributed by atoms with van der Waals surface area (Å²) >= 11 is 0. The SMILES string of the molecule is COc1ccc(C)cc1S(=O)(=O)N1CC(CO)OCC1C. The summed E-state index contributed by atoms with van der Waals surface area (Å²) in [6, 6.07) is 4.76. The molecule has 1 N–H and O–H groups in total. The van der Waals surface area contributed by atoms with Crippen LogP contribution in [0.4, 0.5) is 0 Å². The van der Waals surface area contributed by atoms with Crippen LogP contribution < -0.4 is 4.74 Å². The van der Waals surface area contributed by atoms with Crippen molar-refractivity contribution >= 4 is 10.0 Å². The average molecular weight is 315 g/mol. The highest BCUT2D eigenvalue weighted by Crippen LogP contribution is 2.30. The van der Waals surface area contributed by atoms with Crippen molar-refractivity contribution < 1.29 is 23.0 Å². The van der Waals surface area contributed by atoms with E-state index in [0.29, 0.717) is 5.75 Å². The number of methoxy groups -OCH3 is 1. The second-order valence-corrected chi connectivity index (χ2v) is 7.07. The molecule has 0 spiro atoms. The van der Waals surface area contributed by atoms with Crippen LogP contribution in [0.2, 0.25) is 0 Å². The van der Waals surface area contributed by atoms with Gasteiger partial charge < -0.3 is 14.6 Å². The summed E-state index contributed by atoms with van der Waals surface area (Å²) < 4.78 is 37.7. The van der Waals surface area contributed by atoms with Crippen LogP contribution in [0.5, 0.6) is 5.75 Å². The molecule has 1 heterocycles. The number of nitrogens with zero attached hydrogens (tertiary/aromatic N) is 1. The Kier molecular flexibility index (Phi) is 4.88. The minimum absolute atomic E-state index is 0.136. The Bertz CT molecular complexity index is 601. The predicted octanol–water partition coefficient (Wildman–Crippen LogP) is 0.774. The van der Waals surface area contributed by atoms with E-state index in [9.17, 15) is 13.5 Å². The molecule has 0 radical (unpaired) electrons. The molecular weight excluding hydrogens is 294 g/mol. The molecule has 21 heavy (non-hydrogen) atoms. The summed E-state index contributed by atoms with van der Waals surface area (Å²) in [5.41, 5.74) is 0.842. The van der Waals surface area contributed by atoms with Gasteiger partial charge in [-0.1, -0.05) is 6.07 Å². The van der Waals surface area contributed by atoms with E-state index in [2.05, 4.69) is 0 Å². The van der Waals surface area contributed by atoms with E-state index in [1.165, 1.54) is 11.4 Å². The van der Waals surface area contributed by atoms with Crippen LogP contribution in [0, 0.1) is 6.92 Å². The number of hydrogen-bond acceptors (Lipinski definition) is 5. The highest BCUT2D eigenvalue weighted by molar-refractivity contribution is 7.89. The van der Waals surface area contributed by atoms with Crippen molar-refractivity contribution in [2.24, 2.45) is 0 Å². The molecule has 1 aliphatic heterocycles. The third-order valence-corrected chi connectivity index (χ3v) is 5.56. The van der Waals surface area contributed by atoms with E-state index >= 15 is 0 Å². The van der Waals surface area contributed by atoms with E-state index in [1.807, 2.05) is 6.92 Å². The molecule has 1 aliphatic rings. The maximum absolute atomic E-state index is 12.9. The Morgan fingerprint density at radius 1 is 1.48 bits per heavy atom. The fraction of sp³-hybridized carbons (Fsp3) is 0.571. The zero-order valence-corrected chi connectivity index (χ0v) is 13.3. The van der Waals surface area contributed by atoms with Gasteiger partial charge >= 0.3 is 0 Å². The minimum atomic E-state index is -3.70. The molecule has 2 rings (SSSR count). The summed E-state index contributed by atoms with van der Waals surface area (Å²) in [5, 5.41) is 9.21. The summed E-state index contributed by atoms with van der Waals surface area (Å²) in [4.78, 5) is 0.149. The number of aryl methyl sites for hydroxylation is 1. The third kappa shape index (κ3) is 3.21. The molecular formula is C14H21NO5S. The number of hydrogen-bond donors (Lipinski definition) is 1. The van der Waals surface area contributed by atoms with Crippen molar-refractivity contribution in [1.29, 1.82) is 0 Å². The van der Waals surface area contributed by atoms with E-state index in [1.54, 1.807) is 25.1 Å². The van der Waals surface area contributed by atoms with Crippen LogP contribution in [-0.4, -0.2) is 56.8 Å². The zero-order chi connectivity index (χ0) is 15.6. The third-order valence-electron chi connectivity index (χ3n) is 3.56. The van der Waals surface area contributed by atoms with E-state index < -0.39 is 16.1 Å². The van der Waals surface area contributed by atoms with Gasteiger partial charge in [-0.15, -0.1) is 0 Å². The molecule has 1 aromatic carbocycles. The summed E-state index contributed by atoms with van der Waals surface area (Å²) in [7, 11) is -2.25. The molecule has 2 unspecified atom stereocenters. The van der Waals surface area contributed by atoms with Crippen molar-refractivity contribution in [2.75, 3.05) is 26.9 Å². The Labute approximate surface area is 125 Å². The first-order valence-corrected chi connectivity index (χ1v) is 8.23. The minimum Gasteiger partial charge on any atom is -0.495 e. The molecule has 0 saturated carbocycles. The van der Waals surface area contributed by atoms with Gasteiger partial charge in [-0.2, -0.15) is 4.31 Å². The van der Waals surface area contributed by atoms with Crippen LogP contribution in [-0.2, 0) is 14.8 Å². The van der Waals surface area contributed by atoms with Gasteiger partial charge in [0.05, 0.1) is 26.4 Å². The van der Waals surface area contributed by atoms with E-state index in [-0.39, 0.29) is 30.7 Å². The first-order valence-electron chi connectivity index (χ1n) is 6.79. The number of benzene rings is 1. The van der Waals surface area contributed by atoms with Gasteiger partial charge in [-0.25, -0.2) is 8.42 Å². The summed E-state index contributed by atoms with van der Waals surface area (Å²) in [6.07, 6.45) is -0.494. The smallest absolute Gasteiger partial charge is 0.247 e.